The van der Waals surface area contributed by atoms with E-state index in [1.807, 2.05) is 5.01 Å². The van der Waals surface area contributed by atoms with Gasteiger partial charge in [-0.1, -0.05) is 19.3 Å². The van der Waals surface area contributed by atoms with E-state index >= 15 is 0 Å². The van der Waals surface area contributed by atoms with Crippen molar-refractivity contribution in [1.82, 2.24) is 20.6 Å². The third kappa shape index (κ3) is 3.06. The lowest BCUT2D eigenvalue weighted by Crippen LogP contribution is -2.43. The van der Waals surface area contributed by atoms with Crippen molar-refractivity contribution >= 4 is 5.91 Å². The van der Waals surface area contributed by atoms with Crippen molar-refractivity contribution in [3.8, 4) is 0 Å². The second-order valence-corrected chi connectivity index (χ2v) is 4.17. The molecule has 5 heteroatoms. The average Bonchev–Trinajstić information content (AvgIpc) is 2.74. The molecule has 0 aromatic carbocycles. The van der Waals surface area contributed by atoms with Crippen LogP contribution in [0.2, 0.25) is 0 Å². The van der Waals surface area contributed by atoms with E-state index < -0.39 is 0 Å². The molecule has 16 heavy (non-hydrogen) atoms. The highest BCUT2D eigenvalue weighted by Crippen LogP contribution is 2.09. The number of carbonyl (C=O) groups is 1. The minimum absolute atomic E-state index is 0.0990. The zero-order valence-corrected chi connectivity index (χ0v) is 9.41. The molecule has 1 aromatic rings. The van der Waals surface area contributed by atoms with Crippen molar-refractivity contribution < 1.29 is 4.79 Å². The van der Waals surface area contributed by atoms with Crippen LogP contribution >= 0.6 is 0 Å². The lowest BCUT2D eigenvalue weighted by molar-refractivity contribution is 0.0767. The number of H-pyrrole nitrogens is 1. The maximum atomic E-state index is 11.7. The van der Waals surface area contributed by atoms with Crippen molar-refractivity contribution in [2.24, 2.45) is 0 Å². The number of hydrogen-bond acceptors (Lipinski definition) is 3. The number of carbonyl (C=O) groups excluding carboxylic acids is 1. The molecule has 0 spiro atoms. The number of nitrogens with one attached hydrogen (secondary N) is 2. The molecule has 0 aliphatic carbocycles. The first-order valence-corrected chi connectivity index (χ1v) is 5.91. The van der Waals surface area contributed by atoms with E-state index in [-0.39, 0.29) is 5.91 Å². The summed E-state index contributed by atoms with van der Waals surface area (Å²) in [5, 5.41) is 8.45. The van der Waals surface area contributed by atoms with Gasteiger partial charge in [0.1, 0.15) is 5.69 Å². The molecule has 0 radical (unpaired) electrons. The number of aromatic nitrogens is 2. The van der Waals surface area contributed by atoms with Crippen molar-refractivity contribution in [2.45, 2.75) is 32.1 Å². The lowest BCUT2D eigenvalue weighted by atomic mass is 10.1. The predicted octanol–water partition coefficient (Wildman–Crippen LogP) is 1.32. The molecular formula is C11H18N4O. The van der Waals surface area contributed by atoms with Gasteiger partial charge in [-0.05, 0) is 18.9 Å². The van der Waals surface area contributed by atoms with Crippen LogP contribution in [0.5, 0.6) is 0 Å². The van der Waals surface area contributed by atoms with Crippen LogP contribution in [-0.2, 0) is 0 Å². The highest BCUT2D eigenvalue weighted by atomic mass is 16.2. The van der Waals surface area contributed by atoms with E-state index in [9.17, 15) is 4.79 Å². The first-order chi connectivity index (χ1) is 7.86. The Kier molecular flexibility index (Phi) is 3.93. The second-order valence-electron chi connectivity index (χ2n) is 4.17. The van der Waals surface area contributed by atoms with Crippen LogP contribution in [0.3, 0.4) is 0 Å². The number of hydrogen-bond donors (Lipinski definition) is 2. The van der Waals surface area contributed by atoms with Crippen molar-refractivity contribution in [3.05, 3.63) is 18.0 Å². The largest absolute Gasteiger partial charge is 0.283 e. The summed E-state index contributed by atoms with van der Waals surface area (Å²) in [5.41, 5.74) is 3.43. The molecule has 5 nitrogen and oxygen atoms in total. The molecule has 1 fully saturated rings. The normalized spacial score (nSPS) is 18.8. The molecule has 1 aliphatic heterocycles. The molecule has 1 aromatic heterocycles. The highest BCUT2D eigenvalue weighted by molar-refractivity contribution is 5.91. The molecule has 2 rings (SSSR count). The van der Waals surface area contributed by atoms with Gasteiger partial charge < -0.3 is 0 Å². The van der Waals surface area contributed by atoms with E-state index in [1.165, 1.54) is 19.3 Å². The molecule has 1 amide bonds. The van der Waals surface area contributed by atoms with Gasteiger partial charge in [0.2, 0.25) is 0 Å². The number of aromatic amines is 1. The average molecular weight is 222 g/mol. The van der Waals surface area contributed by atoms with Crippen molar-refractivity contribution in [1.29, 1.82) is 0 Å². The molecule has 2 N–H and O–H groups in total. The molecule has 1 saturated heterocycles. The molecule has 0 saturated carbocycles. The number of amides is 1. The van der Waals surface area contributed by atoms with Crippen LogP contribution in [0, 0.1) is 0 Å². The van der Waals surface area contributed by atoms with Gasteiger partial charge in [-0.15, -0.1) is 0 Å². The molecule has 0 bridgehead atoms. The van der Waals surface area contributed by atoms with Gasteiger partial charge in [-0.25, -0.2) is 5.01 Å². The third-order valence-corrected chi connectivity index (χ3v) is 2.86. The van der Waals surface area contributed by atoms with Crippen molar-refractivity contribution in [3.63, 3.8) is 0 Å². The minimum Gasteiger partial charge on any atom is -0.283 e. The fourth-order valence-corrected chi connectivity index (χ4v) is 1.95. The fraction of sp³-hybridized carbons (Fsp3) is 0.636. The minimum atomic E-state index is -0.0990. The Morgan fingerprint density at radius 1 is 1.25 bits per heavy atom. The van der Waals surface area contributed by atoms with Gasteiger partial charge in [0.25, 0.3) is 5.91 Å². The van der Waals surface area contributed by atoms with Crippen molar-refractivity contribution in [2.75, 3.05) is 13.1 Å². The highest BCUT2D eigenvalue weighted by Gasteiger charge is 2.12. The van der Waals surface area contributed by atoms with E-state index in [4.69, 9.17) is 0 Å². The standard InChI is InChI=1S/C11H18N4O/c16-11(10-6-7-12-13-10)14-15-8-4-2-1-3-5-9-15/h6-7H,1-5,8-9H2,(H,12,13)(H,14,16). The SMILES string of the molecule is O=C(NN1CCCCCCC1)c1ccn[nH]1. The Labute approximate surface area is 95.2 Å². The zero-order chi connectivity index (χ0) is 11.2. The molecule has 0 unspecified atom stereocenters. The summed E-state index contributed by atoms with van der Waals surface area (Å²) >= 11 is 0. The lowest BCUT2D eigenvalue weighted by Gasteiger charge is -2.24. The number of nitrogens with zero attached hydrogens (tertiary/aromatic N) is 2. The summed E-state index contributed by atoms with van der Waals surface area (Å²) in [5.74, 6) is -0.0990. The summed E-state index contributed by atoms with van der Waals surface area (Å²) < 4.78 is 0. The van der Waals surface area contributed by atoms with Crippen LogP contribution in [0.4, 0.5) is 0 Å². The Balaban J connectivity index is 1.85. The summed E-state index contributed by atoms with van der Waals surface area (Å²) in [7, 11) is 0. The van der Waals surface area contributed by atoms with Gasteiger partial charge in [-0.2, -0.15) is 5.10 Å². The van der Waals surface area contributed by atoms with E-state index in [1.54, 1.807) is 12.3 Å². The maximum Gasteiger partial charge on any atom is 0.283 e. The number of rotatable bonds is 2. The second kappa shape index (κ2) is 5.65. The smallest absolute Gasteiger partial charge is 0.283 e. The summed E-state index contributed by atoms with van der Waals surface area (Å²) in [6.45, 7) is 1.89. The molecule has 88 valence electrons. The zero-order valence-electron chi connectivity index (χ0n) is 9.41. The van der Waals surface area contributed by atoms with E-state index in [0.717, 1.165) is 25.9 Å². The molecule has 0 atom stereocenters. The quantitative estimate of drug-likeness (QED) is 0.793. The summed E-state index contributed by atoms with van der Waals surface area (Å²) in [4.78, 5) is 11.7. The first-order valence-electron chi connectivity index (χ1n) is 5.91. The van der Waals surface area contributed by atoms with E-state index in [2.05, 4.69) is 15.6 Å². The van der Waals surface area contributed by atoms with E-state index in [0.29, 0.717) is 5.69 Å². The monoisotopic (exact) mass is 222 g/mol. The Bertz CT molecular complexity index is 315. The van der Waals surface area contributed by atoms with Crippen LogP contribution in [0.15, 0.2) is 12.3 Å². The molecule has 2 heterocycles. The van der Waals surface area contributed by atoms with Gasteiger partial charge >= 0.3 is 0 Å². The Morgan fingerprint density at radius 3 is 2.56 bits per heavy atom. The fourth-order valence-electron chi connectivity index (χ4n) is 1.95. The van der Waals surface area contributed by atoms with Gasteiger partial charge in [0, 0.05) is 19.3 Å². The van der Waals surface area contributed by atoms with Crippen LogP contribution in [-0.4, -0.2) is 34.2 Å². The van der Waals surface area contributed by atoms with Crippen LogP contribution in [0.1, 0.15) is 42.6 Å². The summed E-state index contributed by atoms with van der Waals surface area (Å²) in [6.07, 6.45) is 7.74. The third-order valence-electron chi connectivity index (χ3n) is 2.86. The first kappa shape index (κ1) is 11.1. The van der Waals surface area contributed by atoms with Crippen LogP contribution < -0.4 is 5.43 Å². The molecular weight excluding hydrogens is 204 g/mol. The maximum absolute atomic E-state index is 11.7. The van der Waals surface area contributed by atoms with Gasteiger partial charge in [0.15, 0.2) is 0 Å². The Hall–Kier alpha value is -1.36. The van der Waals surface area contributed by atoms with Crippen LogP contribution in [0.25, 0.3) is 0 Å². The van der Waals surface area contributed by atoms with Gasteiger partial charge in [0.05, 0.1) is 0 Å². The van der Waals surface area contributed by atoms with Gasteiger partial charge in [-0.3, -0.25) is 15.3 Å². The Morgan fingerprint density at radius 2 is 1.94 bits per heavy atom. The predicted molar refractivity (Wildman–Crippen MR) is 60.7 cm³/mol. The summed E-state index contributed by atoms with van der Waals surface area (Å²) in [6, 6.07) is 1.68. The number of hydrazine groups is 1. The topological polar surface area (TPSA) is 61.0 Å². The molecule has 1 aliphatic rings.